The summed E-state index contributed by atoms with van der Waals surface area (Å²) >= 11 is 1.49. The first-order valence-corrected chi connectivity index (χ1v) is 9.10. The largest absolute Gasteiger partial charge is 0.465 e. The zero-order valence-electron chi connectivity index (χ0n) is 14.7. The monoisotopic (exact) mass is 373 g/mol. The minimum Gasteiger partial charge on any atom is -0.465 e. The Morgan fingerprint density at radius 1 is 1.31 bits per heavy atom. The van der Waals surface area contributed by atoms with Crippen LogP contribution in [-0.4, -0.2) is 34.3 Å². The molecule has 0 spiro atoms. The third-order valence-corrected chi connectivity index (χ3v) is 5.43. The van der Waals surface area contributed by atoms with Gasteiger partial charge < -0.3 is 10.1 Å². The van der Waals surface area contributed by atoms with E-state index in [0.29, 0.717) is 27.7 Å². The van der Waals surface area contributed by atoms with E-state index < -0.39 is 5.97 Å². The van der Waals surface area contributed by atoms with E-state index >= 15 is 0 Å². The molecule has 0 fully saturated rings. The van der Waals surface area contributed by atoms with Crippen LogP contribution in [0.3, 0.4) is 0 Å². The Balaban J connectivity index is 1.70. The summed E-state index contributed by atoms with van der Waals surface area (Å²) in [4.78, 5) is 40.7. The third kappa shape index (κ3) is 3.50. The van der Waals surface area contributed by atoms with Crippen molar-refractivity contribution in [2.45, 2.75) is 31.5 Å². The van der Waals surface area contributed by atoms with E-state index in [1.807, 2.05) is 6.92 Å². The second-order valence-corrected chi connectivity index (χ2v) is 7.05. The van der Waals surface area contributed by atoms with Crippen LogP contribution in [0.1, 0.15) is 34.1 Å². The summed E-state index contributed by atoms with van der Waals surface area (Å²) in [5, 5.41) is 3.46. The van der Waals surface area contributed by atoms with Gasteiger partial charge in [-0.05, 0) is 38.1 Å². The van der Waals surface area contributed by atoms with Gasteiger partial charge in [-0.25, -0.2) is 9.78 Å². The normalized spacial score (nSPS) is 15.4. The third-order valence-electron chi connectivity index (χ3n) is 4.33. The first kappa shape index (κ1) is 18.2. The van der Waals surface area contributed by atoms with E-state index in [1.165, 1.54) is 18.9 Å². The highest BCUT2D eigenvalue weighted by atomic mass is 32.2. The number of aryl methyl sites for hydroxylation is 1. The minimum atomic E-state index is -0.431. The summed E-state index contributed by atoms with van der Waals surface area (Å²) in [6, 6.07) is 6.24. The second-order valence-electron chi connectivity index (χ2n) is 6.07. The maximum Gasteiger partial charge on any atom is 0.337 e. The van der Waals surface area contributed by atoms with Crippen LogP contribution in [-0.2, 0) is 9.53 Å². The molecule has 1 aromatic carbocycles. The average molecular weight is 373 g/mol. The van der Waals surface area contributed by atoms with Gasteiger partial charge in [-0.3, -0.25) is 14.2 Å². The first-order chi connectivity index (χ1) is 12.4. The number of ether oxygens (including phenoxy) is 1. The van der Waals surface area contributed by atoms with Crippen LogP contribution >= 0.6 is 11.8 Å². The number of anilines is 1. The highest BCUT2D eigenvalue weighted by Crippen LogP contribution is 2.32. The molecule has 1 atom stereocenters. The summed E-state index contributed by atoms with van der Waals surface area (Å²) in [5.74, 6) is 0.0132. The Hall–Kier alpha value is -2.61. The molecule has 3 rings (SSSR count). The van der Waals surface area contributed by atoms with Gasteiger partial charge in [0.15, 0.2) is 5.16 Å². The Morgan fingerprint density at radius 3 is 2.65 bits per heavy atom. The van der Waals surface area contributed by atoms with Crippen molar-refractivity contribution >= 4 is 29.3 Å². The van der Waals surface area contributed by atoms with Crippen molar-refractivity contribution in [1.82, 2.24) is 9.55 Å². The molecule has 7 nitrogen and oxygen atoms in total. The molecule has 1 aromatic heterocycles. The number of hydrogen-bond acceptors (Lipinski definition) is 6. The lowest BCUT2D eigenvalue weighted by Crippen LogP contribution is -2.29. The fourth-order valence-electron chi connectivity index (χ4n) is 2.76. The van der Waals surface area contributed by atoms with E-state index in [2.05, 4.69) is 15.0 Å². The summed E-state index contributed by atoms with van der Waals surface area (Å²) in [6.07, 6.45) is 0.183. The molecule has 1 aliphatic rings. The van der Waals surface area contributed by atoms with Gasteiger partial charge in [-0.1, -0.05) is 11.8 Å². The molecule has 1 N–H and O–H groups in total. The standard InChI is InChI=1S/C18H19N3O4S/c1-10-11(2)19-18-21(16(10)23)14(9-26-18)8-15(22)20-13-6-4-12(5-7-13)17(24)25-3/h4-7,14H,8-9H2,1-3H3,(H,20,22). The molecule has 0 aliphatic carbocycles. The highest BCUT2D eigenvalue weighted by molar-refractivity contribution is 7.99. The molecule has 8 heteroatoms. The fraction of sp³-hybridized carbons (Fsp3) is 0.333. The zero-order chi connectivity index (χ0) is 18.8. The molecule has 26 heavy (non-hydrogen) atoms. The average Bonchev–Trinajstić information content (AvgIpc) is 3.02. The number of carbonyl (C=O) groups excluding carboxylic acids is 2. The number of amides is 1. The number of aromatic nitrogens is 2. The molecule has 1 unspecified atom stereocenters. The second kappa shape index (κ2) is 7.33. The number of nitrogens with zero attached hydrogens (tertiary/aromatic N) is 2. The summed E-state index contributed by atoms with van der Waals surface area (Å²) < 4.78 is 6.26. The maximum absolute atomic E-state index is 12.5. The van der Waals surface area contributed by atoms with E-state index in [9.17, 15) is 14.4 Å². The van der Waals surface area contributed by atoms with Crippen molar-refractivity contribution in [2.75, 3.05) is 18.2 Å². The molecular weight excluding hydrogens is 354 g/mol. The van der Waals surface area contributed by atoms with E-state index in [1.54, 1.807) is 35.8 Å². The molecule has 0 bridgehead atoms. The summed E-state index contributed by atoms with van der Waals surface area (Å²) in [6.45, 7) is 3.57. The molecule has 0 saturated heterocycles. The van der Waals surface area contributed by atoms with Crippen LogP contribution in [0.5, 0.6) is 0 Å². The quantitative estimate of drug-likeness (QED) is 0.653. The van der Waals surface area contributed by atoms with Crippen molar-refractivity contribution in [3.8, 4) is 0 Å². The fourth-order valence-corrected chi connectivity index (χ4v) is 3.94. The van der Waals surface area contributed by atoms with Gasteiger partial charge in [0.05, 0.1) is 18.7 Å². The number of benzene rings is 1. The number of nitrogens with one attached hydrogen (secondary N) is 1. The van der Waals surface area contributed by atoms with Crippen molar-refractivity contribution in [1.29, 1.82) is 0 Å². The molecule has 2 aromatic rings. The van der Waals surface area contributed by atoms with Gasteiger partial charge in [0, 0.05) is 29.1 Å². The van der Waals surface area contributed by atoms with Gasteiger partial charge >= 0.3 is 5.97 Å². The predicted octanol–water partition coefficient (Wildman–Crippen LogP) is 2.32. The first-order valence-electron chi connectivity index (χ1n) is 8.11. The summed E-state index contributed by atoms with van der Waals surface area (Å²) in [5.41, 5.74) is 2.25. The van der Waals surface area contributed by atoms with E-state index in [0.717, 1.165) is 5.69 Å². The SMILES string of the molecule is COC(=O)c1ccc(NC(=O)CC2CSc3nc(C)c(C)c(=O)n32)cc1. The van der Waals surface area contributed by atoms with Crippen molar-refractivity contribution < 1.29 is 14.3 Å². The van der Waals surface area contributed by atoms with Crippen molar-refractivity contribution in [3.63, 3.8) is 0 Å². The van der Waals surface area contributed by atoms with Gasteiger partial charge in [0.1, 0.15) is 0 Å². The zero-order valence-corrected chi connectivity index (χ0v) is 15.6. The smallest absolute Gasteiger partial charge is 0.337 e. The van der Waals surface area contributed by atoms with Crippen LogP contribution in [0.4, 0.5) is 5.69 Å². The Kier molecular flexibility index (Phi) is 5.13. The number of hydrogen-bond donors (Lipinski definition) is 1. The van der Waals surface area contributed by atoms with Crippen LogP contribution in [0.25, 0.3) is 0 Å². The number of rotatable bonds is 4. The molecular formula is C18H19N3O4S. The Labute approximate surface area is 154 Å². The molecule has 1 amide bonds. The lowest BCUT2D eigenvalue weighted by atomic mass is 10.2. The molecule has 2 heterocycles. The van der Waals surface area contributed by atoms with Crippen LogP contribution in [0, 0.1) is 13.8 Å². The highest BCUT2D eigenvalue weighted by Gasteiger charge is 2.28. The molecule has 0 radical (unpaired) electrons. The van der Waals surface area contributed by atoms with Crippen molar-refractivity contribution in [3.05, 3.63) is 51.4 Å². The van der Waals surface area contributed by atoms with Crippen LogP contribution in [0.15, 0.2) is 34.2 Å². The number of esters is 1. The minimum absolute atomic E-state index is 0.0854. The van der Waals surface area contributed by atoms with Gasteiger partial charge in [-0.15, -0.1) is 0 Å². The number of fused-ring (bicyclic) bond motifs is 1. The van der Waals surface area contributed by atoms with Gasteiger partial charge in [-0.2, -0.15) is 0 Å². The van der Waals surface area contributed by atoms with E-state index in [4.69, 9.17) is 0 Å². The number of thioether (sulfide) groups is 1. The van der Waals surface area contributed by atoms with E-state index in [-0.39, 0.29) is 23.9 Å². The number of methoxy groups -OCH3 is 1. The Morgan fingerprint density at radius 2 is 2.00 bits per heavy atom. The lowest BCUT2D eigenvalue weighted by molar-refractivity contribution is -0.116. The molecule has 136 valence electrons. The topological polar surface area (TPSA) is 90.3 Å². The number of carbonyl (C=O) groups is 2. The molecule has 0 saturated carbocycles. The predicted molar refractivity (Wildman–Crippen MR) is 98.8 cm³/mol. The maximum atomic E-state index is 12.5. The van der Waals surface area contributed by atoms with Crippen LogP contribution < -0.4 is 10.9 Å². The van der Waals surface area contributed by atoms with Gasteiger partial charge in [0.25, 0.3) is 5.56 Å². The molecule has 1 aliphatic heterocycles. The van der Waals surface area contributed by atoms with Crippen molar-refractivity contribution in [2.24, 2.45) is 0 Å². The van der Waals surface area contributed by atoms with Crippen LogP contribution in [0.2, 0.25) is 0 Å². The lowest BCUT2D eigenvalue weighted by Gasteiger charge is -2.14. The van der Waals surface area contributed by atoms with Gasteiger partial charge in [0.2, 0.25) is 5.91 Å². The summed E-state index contributed by atoms with van der Waals surface area (Å²) in [7, 11) is 1.31. The Bertz CT molecular complexity index is 921.